The molecule has 4 heteroatoms. The van der Waals surface area contributed by atoms with Crippen LogP contribution in [0.5, 0.6) is 0 Å². The van der Waals surface area contributed by atoms with E-state index >= 15 is 0 Å². The Morgan fingerprint density at radius 1 is 1.08 bits per heavy atom. The predicted molar refractivity (Wildman–Crippen MR) is 111 cm³/mol. The van der Waals surface area contributed by atoms with E-state index in [1.54, 1.807) is 0 Å². The van der Waals surface area contributed by atoms with Crippen molar-refractivity contribution in [3.8, 4) is 0 Å². The van der Waals surface area contributed by atoms with Gasteiger partial charge in [0, 0.05) is 24.5 Å². The zero-order valence-corrected chi connectivity index (χ0v) is 17.8. The van der Waals surface area contributed by atoms with Crippen LogP contribution in [0.1, 0.15) is 107 Å². The largest absolute Gasteiger partial charge is 0.445 e. The van der Waals surface area contributed by atoms with Crippen LogP contribution in [0, 0.1) is 5.92 Å². The molecule has 0 spiro atoms. The van der Waals surface area contributed by atoms with Crippen LogP contribution in [0.3, 0.4) is 0 Å². The van der Waals surface area contributed by atoms with Gasteiger partial charge in [-0.3, -0.25) is 4.79 Å². The molecule has 0 saturated carbocycles. The first kappa shape index (κ1) is 21.5. The van der Waals surface area contributed by atoms with E-state index in [0.29, 0.717) is 23.3 Å². The number of hydrogen-bond donors (Lipinski definition) is 0. The maximum atomic E-state index is 12.4. The van der Waals surface area contributed by atoms with Crippen LogP contribution in [-0.2, 0) is 12.8 Å². The number of aromatic nitrogens is 1. The third-order valence-electron chi connectivity index (χ3n) is 5.31. The first-order chi connectivity index (χ1) is 12.6. The Bertz CT molecular complexity index is 540. The van der Waals surface area contributed by atoms with E-state index in [-0.39, 0.29) is 5.78 Å². The van der Waals surface area contributed by atoms with Crippen molar-refractivity contribution in [2.24, 2.45) is 5.92 Å². The molecule has 0 aliphatic heterocycles. The highest BCUT2D eigenvalue weighted by atomic mass is 32.2. The molecule has 0 N–H and O–H groups in total. The van der Waals surface area contributed by atoms with Crippen LogP contribution in [0.15, 0.2) is 4.42 Å². The van der Waals surface area contributed by atoms with Crippen LogP contribution >= 0.6 is 11.8 Å². The van der Waals surface area contributed by atoms with E-state index in [2.05, 4.69) is 25.8 Å². The van der Waals surface area contributed by atoms with Crippen LogP contribution in [0.2, 0.25) is 0 Å². The Morgan fingerprint density at radius 2 is 1.77 bits per heavy atom. The number of thioether (sulfide) groups is 1. The number of nitrogens with zero attached hydrogens (tertiary/aromatic N) is 1. The Kier molecular flexibility index (Phi) is 9.80. The minimum atomic E-state index is 0.191. The molecule has 2 atom stereocenters. The fourth-order valence-electron chi connectivity index (χ4n) is 3.96. The minimum absolute atomic E-state index is 0.191. The third kappa shape index (κ3) is 7.09. The van der Waals surface area contributed by atoms with Crippen molar-refractivity contribution in [3.63, 3.8) is 0 Å². The molecule has 2 rings (SSSR count). The maximum Gasteiger partial charge on any atom is 0.195 e. The van der Waals surface area contributed by atoms with Gasteiger partial charge in [-0.25, -0.2) is 4.98 Å². The second-order valence-electron chi connectivity index (χ2n) is 7.80. The molecule has 0 amide bonds. The summed E-state index contributed by atoms with van der Waals surface area (Å²) in [6.07, 6.45) is 13.9. The maximum absolute atomic E-state index is 12.4. The average Bonchev–Trinajstić information content (AvgIpc) is 3.01. The summed E-state index contributed by atoms with van der Waals surface area (Å²) < 4.78 is 5.97. The molecule has 3 nitrogen and oxygen atoms in total. The monoisotopic (exact) mass is 379 g/mol. The molecule has 0 aromatic carbocycles. The number of hydrogen-bond acceptors (Lipinski definition) is 4. The van der Waals surface area contributed by atoms with E-state index in [0.717, 1.165) is 43.1 Å². The second-order valence-corrected chi connectivity index (χ2v) is 9.52. The highest BCUT2D eigenvalue weighted by Crippen LogP contribution is 2.31. The summed E-state index contributed by atoms with van der Waals surface area (Å²) in [5.74, 6) is 3.39. The van der Waals surface area contributed by atoms with Gasteiger partial charge in [-0.2, -0.15) is 11.8 Å². The lowest BCUT2D eigenvalue weighted by Crippen LogP contribution is -2.22. The number of ketones is 1. The van der Waals surface area contributed by atoms with Crippen molar-refractivity contribution in [2.75, 3.05) is 5.75 Å². The summed E-state index contributed by atoms with van der Waals surface area (Å²) >= 11 is 1.98. The third-order valence-corrected chi connectivity index (χ3v) is 6.41. The topological polar surface area (TPSA) is 43.1 Å². The van der Waals surface area contributed by atoms with Gasteiger partial charge in [0.25, 0.3) is 0 Å². The van der Waals surface area contributed by atoms with E-state index in [4.69, 9.17) is 4.42 Å². The second kappa shape index (κ2) is 11.8. The normalized spacial score (nSPS) is 18.1. The van der Waals surface area contributed by atoms with E-state index in [1.165, 1.54) is 44.9 Å². The van der Waals surface area contributed by atoms with Crippen LogP contribution < -0.4 is 0 Å². The smallest absolute Gasteiger partial charge is 0.195 e. The summed E-state index contributed by atoms with van der Waals surface area (Å²) in [7, 11) is 0. The summed E-state index contributed by atoms with van der Waals surface area (Å²) in [5.41, 5.74) is 0.631. The summed E-state index contributed by atoms with van der Waals surface area (Å²) in [4.78, 5) is 16.9. The molecule has 0 radical (unpaired) electrons. The Hall–Kier alpha value is -0.770. The first-order valence-corrected chi connectivity index (χ1v) is 11.8. The van der Waals surface area contributed by atoms with Crippen LogP contribution in [0.25, 0.3) is 0 Å². The fraction of sp³-hybridized carbons (Fsp3) is 0.818. The molecule has 1 heterocycles. The lowest BCUT2D eigenvalue weighted by Gasteiger charge is -2.22. The first-order valence-electron chi connectivity index (χ1n) is 10.8. The van der Waals surface area contributed by atoms with Crippen molar-refractivity contribution in [2.45, 2.75) is 103 Å². The number of aryl methyl sites for hydroxylation is 1. The number of rotatable bonds is 13. The molecular formula is C22H37NO2S. The predicted octanol–water partition coefficient (Wildman–Crippen LogP) is 6.63. The van der Waals surface area contributed by atoms with Crippen molar-refractivity contribution >= 4 is 17.5 Å². The minimum Gasteiger partial charge on any atom is -0.445 e. The molecule has 1 aromatic heterocycles. The van der Waals surface area contributed by atoms with E-state index in [1.807, 2.05) is 11.8 Å². The molecule has 0 bridgehead atoms. The lowest BCUT2D eigenvalue weighted by atomic mass is 9.86. The van der Waals surface area contributed by atoms with Crippen molar-refractivity contribution in [3.05, 3.63) is 17.3 Å². The molecule has 0 saturated heterocycles. The van der Waals surface area contributed by atoms with Gasteiger partial charge in [-0.05, 0) is 24.5 Å². The van der Waals surface area contributed by atoms with Gasteiger partial charge < -0.3 is 4.42 Å². The number of carbonyl (C=O) groups excluding carboxylic acids is 1. The quantitative estimate of drug-likeness (QED) is 0.360. The highest BCUT2D eigenvalue weighted by Gasteiger charge is 2.31. The molecule has 0 fully saturated rings. The SMILES string of the molecule is CCCCCCCCCCc1nc2c(o1)CC(CC(C)SCC)CC2=O. The zero-order valence-electron chi connectivity index (χ0n) is 17.0. The van der Waals surface area contributed by atoms with Crippen LogP contribution in [0.4, 0.5) is 0 Å². The Morgan fingerprint density at radius 3 is 2.46 bits per heavy atom. The van der Waals surface area contributed by atoms with E-state index < -0.39 is 0 Å². The average molecular weight is 380 g/mol. The van der Waals surface area contributed by atoms with Gasteiger partial charge in [0.1, 0.15) is 11.5 Å². The van der Waals surface area contributed by atoms with Gasteiger partial charge in [0.05, 0.1) is 0 Å². The molecule has 1 aliphatic carbocycles. The fourth-order valence-corrected chi connectivity index (χ4v) is 4.93. The highest BCUT2D eigenvalue weighted by molar-refractivity contribution is 7.99. The van der Waals surface area contributed by atoms with E-state index in [9.17, 15) is 4.79 Å². The Labute approximate surface area is 164 Å². The lowest BCUT2D eigenvalue weighted by molar-refractivity contribution is 0.0937. The number of fused-ring (bicyclic) bond motifs is 1. The van der Waals surface area contributed by atoms with Gasteiger partial charge >= 0.3 is 0 Å². The standard InChI is InChI=1S/C22H37NO2S/c1-4-6-7-8-9-10-11-12-13-21-23-22-19(24)15-18(16-20(22)25-21)14-17(3)26-5-2/h17-18H,4-16H2,1-3H3. The van der Waals surface area contributed by atoms with Crippen molar-refractivity contribution in [1.29, 1.82) is 0 Å². The van der Waals surface area contributed by atoms with Crippen molar-refractivity contribution < 1.29 is 9.21 Å². The number of oxazole rings is 1. The molecule has 1 aromatic rings. The Balaban J connectivity index is 1.73. The van der Waals surface area contributed by atoms with Gasteiger partial charge in [0.2, 0.25) is 0 Å². The summed E-state index contributed by atoms with van der Waals surface area (Å²) in [6, 6.07) is 0. The number of unbranched alkanes of at least 4 members (excludes halogenated alkanes) is 7. The number of carbonyl (C=O) groups is 1. The van der Waals surface area contributed by atoms with Gasteiger partial charge in [0.15, 0.2) is 11.7 Å². The van der Waals surface area contributed by atoms with Crippen molar-refractivity contribution in [1.82, 2.24) is 4.98 Å². The summed E-state index contributed by atoms with van der Waals surface area (Å²) in [5, 5.41) is 0.610. The molecule has 26 heavy (non-hydrogen) atoms. The molecule has 148 valence electrons. The van der Waals surface area contributed by atoms with Gasteiger partial charge in [-0.1, -0.05) is 65.7 Å². The van der Waals surface area contributed by atoms with Gasteiger partial charge in [-0.15, -0.1) is 0 Å². The van der Waals surface area contributed by atoms with Crippen LogP contribution in [-0.4, -0.2) is 21.8 Å². The summed E-state index contributed by atoms with van der Waals surface area (Å²) in [6.45, 7) is 6.72. The molecule has 2 unspecified atom stereocenters. The zero-order chi connectivity index (χ0) is 18.8. The number of Topliss-reactive ketones (excluding diaryl/α,β-unsaturated/α-hetero) is 1. The molecule has 1 aliphatic rings. The molecular weight excluding hydrogens is 342 g/mol.